The lowest BCUT2D eigenvalue weighted by molar-refractivity contribution is -0.154. The molecule has 0 aliphatic heterocycles. The number of alkyl halides is 4. The first-order valence-electron chi connectivity index (χ1n) is 2.27. The number of hydrogen-bond acceptors (Lipinski definition) is 0. The highest BCUT2D eigenvalue weighted by atomic mass is 79.9. The van der Waals surface area contributed by atoms with Crippen LogP contribution >= 0.6 is 15.9 Å². The fraction of sp³-hybridized carbons (Fsp3) is 0.600. The fourth-order valence-corrected chi connectivity index (χ4v) is 0.916. The minimum Gasteiger partial charge on any atom is -0.170 e. The monoisotopic (exact) mass is 202 g/mol. The summed E-state index contributed by atoms with van der Waals surface area (Å²) >= 11 is 2.72. The van der Waals surface area contributed by atoms with Gasteiger partial charge in [0, 0.05) is 5.33 Å². The fourth-order valence-electron chi connectivity index (χ4n) is 0.284. The number of hydrogen-bond donors (Lipinski definition) is 0. The van der Waals surface area contributed by atoms with Crippen LogP contribution < -0.4 is 0 Å². The van der Waals surface area contributed by atoms with Crippen molar-refractivity contribution in [3.05, 3.63) is 12.7 Å². The Morgan fingerprint density at radius 1 is 1.56 bits per heavy atom. The van der Waals surface area contributed by atoms with Crippen LogP contribution in [0.15, 0.2) is 12.7 Å². The molecule has 0 heterocycles. The molecule has 0 N–H and O–H groups in total. The smallest absolute Gasteiger partial charge is 0.170 e. The van der Waals surface area contributed by atoms with Gasteiger partial charge in [-0.25, -0.2) is 0 Å². The maximum absolute atomic E-state index is 11.6. The lowest BCUT2D eigenvalue weighted by Crippen LogP contribution is -2.21. The topological polar surface area (TPSA) is 0 Å². The summed E-state index contributed by atoms with van der Waals surface area (Å²) in [6.45, 7) is 3.05. The van der Waals surface area contributed by atoms with E-state index in [2.05, 4.69) is 22.5 Å². The van der Waals surface area contributed by atoms with Crippen molar-refractivity contribution in [3.8, 4) is 0 Å². The Labute approximate surface area is 59.9 Å². The third kappa shape index (κ3) is 2.89. The van der Waals surface area contributed by atoms with Gasteiger partial charge in [0.05, 0.1) is 5.92 Å². The average Bonchev–Trinajstić information content (AvgIpc) is 1.65. The number of allylic oxidation sites excluding steroid dienone is 1. The van der Waals surface area contributed by atoms with E-state index in [4.69, 9.17) is 0 Å². The van der Waals surface area contributed by atoms with E-state index >= 15 is 0 Å². The molecule has 0 saturated heterocycles. The minimum absolute atomic E-state index is 0.111. The van der Waals surface area contributed by atoms with Gasteiger partial charge in [0.2, 0.25) is 0 Å². The maximum atomic E-state index is 11.6. The summed E-state index contributed by atoms with van der Waals surface area (Å²) in [4.78, 5) is 0. The molecular weight excluding hydrogens is 197 g/mol. The van der Waals surface area contributed by atoms with E-state index < -0.39 is 12.1 Å². The third-order valence-corrected chi connectivity index (χ3v) is 1.57. The molecule has 9 heavy (non-hydrogen) atoms. The van der Waals surface area contributed by atoms with E-state index in [-0.39, 0.29) is 5.33 Å². The van der Waals surface area contributed by atoms with E-state index in [9.17, 15) is 13.2 Å². The molecule has 0 nitrogen and oxygen atoms in total. The van der Waals surface area contributed by atoms with E-state index in [0.29, 0.717) is 0 Å². The summed E-state index contributed by atoms with van der Waals surface area (Å²) in [6.07, 6.45) is -3.26. The van der Waals surface area contributed by atoms with E-state index in [1.54, 1.807) is 0 Å². The van der Waals surface area contributed by atoms with Crippen molar-refractivity contribution in [1.82, 2.24) is 0 Å². The van der Waals surface area contributed by atoms with Gasteiger partial charge in [0.25, 0.3) is 0 Å². The Kier molecular flexibility index (Phi) is 3.25. The highest BCUT2D eigenvalue weighted by Crippen LogP contribution is 2.27. The minimum atomic E-state index is -4.15. The normalized spacial score (nSPS) is 15.1. The lowest BCUT2D eigenvalue weighted by Gasteiger charge is -2.12. The van der Waals surface area contributed by atoms with Gasteiger partial charge in [-0.15, -0.1) is 6.58 Å². The zero-order chi connectivity index (χ0) is 7.49. The Morgan fingerprint density at radius 2 is 2.00 bits per heavy atom. The largest absolute Gasteiger partial charge is 0.395 e. The Hall–Kier alpha value is 0.01000. The van der Waals surface area contributed by atoms with Crippen molar-refractivity contribution in [2.45, 2.75) is 6.18 Å². The van der Waals surface area contributed by atoms with Gasteiger partial charge in [-0.3, -0.25) is 0 Å². The summed E-state index contributed by atoms with van der Waals surface area (Å²) in [5, 5.41) is -0.111. The van der Waals surface area contributed by atoms with Gasteiger partial charge in [0.1, 0.15) is 0 Å². The molecule has 1 unspecified atom stereocenters. The molecule has 4 heteroatoms. The van der Waals surface area contributed by atoms with Crippen LogP contribution in [0.1, 0.15) is 0 Å². The van der Waals surface area contributed by atoms with Crippen LogP contribution in [0.25, 0.3) is 0 Å². The molecule has 0 aromatic heterocycles. The van der Waals surface area contributed by atoms with Crippen LogP contribution in [0, 0.1) is 5.92 Å². The van der Waals surface area contributed by atoms with E-state index in [1.807, 2.05) is 0 Å². The molecule has 0 aromatic rings. The second-order valence-corrected chi connectivity index (χ2v) is 2.19. The van der Waals surface area contributed by atoms with Gasteiger partial charge in [-0.05, 0) is 0 Å². The molecular formula is C5H6BrF3. The van der Waals surface area contributed by atoms with Crippen LogP contribution in [0.5, 0.6) is 0 Å². The van der Waals surface area contributed by atoms with Crippen molar-refractivity contribution in [1.29, 1.82) is 0 Å². The lowest BCUT2D eigenvalue weighted by atomic mass is 10.2. The standard InChI is InChI=1S/C5H6BrF3/c1-2-4(3-6)5(7,8)9/h2,4H,1,3H2. The van der Waals surface area contributed by atoms with Gasteiger partial charge in [0.15, 0.2) is 0 Å². The van der Waals surface area contributed by atoms with Crippen molar-refractivity contribution >= 4 is 15.9 Å². The maximum Gasteiger partial charge on any atom is 0.395 e. The van der Waals surface area contributed by atoms with E-state index in [1.165, 1.54) is 0 Å². The molecule has 0 aromatic carbocycles. The molecule has 0 amide bonds. The molecule has 1 atom stereocenters. The Morgan fingerprint density at radius 3 is 2.00 bits per heavy atom. The quantitative estimate of drug-likeness (QED) is 0.478. The SMILES string of the molecule is C=CC(CBr)C(F)(F)F. The molecule has 0 aliphatic rings. The highest BCUT2D eigenvalue weighted by Gasteiger charge is 2.36. The molecule has 0 bridgehead atoms. The predicted molar refractivity (Wildman–Crippen MR) is 33.5 cm³/mol. The van der Waals surface area contributed by atoms with Crippen molar-refractivity contribution in [2.24, 2.45) is 5.92 Å². The molecule has 0 spiro atoms. The molecule has 0 fully saturated rings. The van der Waals surface area contributed by atoms with Crippen LogP contribution in [0.2, 0.25) is 0 Å². The van der Waals surface area contributed by atoms with Crippen molar-refractivity contribution < 1.29 is 13.2 Å². The Balaban J connectivity index is 3.94. The second kappa shape index (κ2) is 3.25. The zero-order valence-corrected chi connectivity index (χ0v) is 6.17. The van der Waals surface area contributed by atoms with Crippen molar-refractivity contribution in [2.75, 3.05) is 5.33 Å². The summed E-state index contributed by atoms with van der Waals surface area (Å²) in [6, 6.07) is 0. The van der Waals surface area contributed by atoms with Crippen LogP contribution in [-0.2, 0) is 0 Å². The summed E-state index contributed by atoms with van der Waals surface area (Å²) in [5.74, 6) is -1.42. The van der Waals surface area contributed by atoms with Gasteiger partial charge in [-0.2, -0.15) is 13.2 Å². The van der Waals surface area contributed by atoms with Crippen LogP contribution in [0.4, 0.5) is 13.2 Å². The van der Waals surface area contributed by atoms with Gasteiger partial charge >= 0.3 is 6.18 Å². The predicted octanol–water partition coefficient (Wildman–Crippen LogP) is 2.75. The first kappa shape index (κ1) is 9.01. The molecule has 0 rings (SSSR count). The van der Waals surface area contributed by atoms with Crippen LogP contribution in [-0.4, -0.2) is 11.5 Å². The Bertz CT molecular complexity index is 96.9. The first-order chi connectivity index (χ1) is 4.02. The van der Waals surface area contributed by atoms with Gasteiger partial charge in [-0.1, -0.05) is 22.0 Å². The van der Waals surface area contributed by atoms with Crippen molar-refractivity contribution in [3.63, 3.8) is 0 Å². The average molecular weight is 203 g/mol. The van der Waals surface area contributed by atoms with Gasteiger partial charge < -0.3 is 0 Å². The number of rotatable bonds is 2. The zero-order valence-electron chi connectivity index (χ0n) is 4.58. The highest BCUT2D eigenvalue weighted by molar-refractivity contribution is 9.09. The summed E-state index contributed by atoms with van der Waals surface area (Å²) < 4.78 is 34.9. The number of halogens is 4. The molecule has 0 saturated carbocycles. The second-order valence-electron chi connectivity index (χ2n) is 1.54. The summed E-state index contributed by atoms with van der Waals surface area (Å²) in [7, 11) is 0. The molecule has 0 aliphatic carbocycles. The molecule has 0 radical (unpaired) electrons. The summed E-state index contributed by atoms with van der Waals surface area (Å²) in [5.41, 5.74) is 0. The molecule has 54 valence electrons. The first-order valence-corrected chi connectivity index (χ1v) is 3.39. The third-order valence-electron chi connectivity index (χ3n) is 0.871. The van der Waals surface area contributed by atoms with Crippen LogP contribution in [0.3, 0.4) is 0 Å². The van der Waals surface area contributed by atoms with E-state index in [0.717, 1.165) is 6.08 Å².